The summed E-state index contributed by atoms with van der Waals surface area (Å²) in [6, 6.07) is 11.5. The van der Waals surface area contributed by atoms with Gasteiger partial charge in [-0.15, -0.1) is 0 Å². The maximum atomic E-state index is 14.2. The van der Waals surface area contributed by atoms with E-state index in [9.17, 15) is 14.6 Å². The standard InChI is InChI=1S/C30H31ClFN7O3/c1-2-37-19-33-15-24(37)16-38-27-13-20(30(40)41)4-6-26(27)35-28(38)17-36-11-8-23(9-12-36)39-29(7-10-34-39)42-18-21-3-5-22(31)14-25(21)32/h3-7,10,13-15,19,23,30H,2,8-9,11-12,16-18H2,1H3/q-2. The number of benzene rings is 2. The Bertz CT molecular complexity index is 1670. The Labute approximate surface area is 247 Å². The number of aromatic nitrogens is 6. The fraction of sp³-hybridized carbons (Fsp3) is 0.367. The molecule has 0 atom stereocenters. The first-order chi connectivity index (χ1) is 20.4. The molecule has 0 saturated carbocycles. The molecule has 1 saturated heterocycles. The molecule has 4 heterocycles. The van der Waals surface area contributed by atoms with Crippen LogP contribution >= 0.6 is 11.6 Å². The van der Waals surface area contributed by atoms with E-state index < -0.39 is 12.1 Å². The van der Waals surface area contributed by atoms with Gasteiger partial charge in [0.05, 0.1) is 48.4 Å². The number of hydrogen-bond acceptors (Lipinski definition) is 7. The average Bonchev–Trinajstić information content (AvgIpc) is 3.72. The first-order valence-electron chi connectivity index (χ1n) is 14.0. The van der Waals surface area contributed by atoms with E-state index in [2.05, 4.69) is 31.0 Å². The summed E-state index contributed by atoms with van der Waals surface area (Å²) in [5.74, 6) is 1.07. The van der Waals surface area contributed by atoms with E-state index in [1.807, 2.05) is 10.9 Å². The SMILES string of the molecule is CCn1cncc1Cn1c(CN2CCC(n3nccc3OCc3ccc(Cl)cc3F)CC2)nc2ccc(C([O-])[O-])cc21. The van der Waals surface area contributed by atoms with Crippen LogP contribution in [0.1, 0.15) is 54.7 Å². The van der Waals surface area contributed by atoms with Gasteiger partial charge in [-0.05, 0) is 44.0 Å². The Kier molecular flexibility index (Phi) is 8.25. The van der Waals surface area contributed by atoms with Crippen LogP contribution in [0.5, 0.6) is 5.88 Å². The van der Waals surface area contributed by atoms with Crippen molar-refractivity contribution in [2.24, 2.45) is 0 Å². The molecule has 3 aromatic heterocycles. The summed E-state index contributed by atoms with van der Waals surface area (Å²) in [6.07, 6.45) is 5.00. The molecular weight excluding hydrogens is 561 g/mol. The van der Waals surface area contributed by atoms with Crippen molar-refractivity contribution in [3.63, 3.8) is 0 Å². The maximum Gasteiger partial charge on any atom is 0.212 e. The molecule has 10 nitrogen and oxygen atoms in total. The van der Waals surface area contributed by atoms with Crippen molar-refractivity contribution in [1.82, 2.24) is 33.8 Å². The van der Waals surface area contributed by atoms with Gasteiger partial charge in [0.25, 0.3) is 0 Å². The lowest BCUT2D eigenvalue weighted by atomic mass is 10.1. The second-order valence-corrected chi connectivity index (χ2v) is 10.9. The Balaban J connectivity index is 1.16. The van der Waals surface area contributed by atoms with Crippen molar-refractivity contribution in [3.8, 4) is 5.88 Å². The van der Waals surface area contributed by atoms with Crippen LogP contribution < -0.4 is 14.9 Å². The van der Waals surface area contributed by atoms with E-state index in [1.54, 1.807) is 48.9 Å². The van der Waals surface area contributed by atoms with Crippen molar-refractivity contribution in [2.75, 3.05) is 13.1 Å². The molecular formula is C30H31ClFN7O3-2. The zero-order chi connectivity index (χ0) is 29.2. The summed E-state index contributed by atoms with van der Waals surface area (Å²) < 4.78 is 26.2. The Morgan fingerprint density at radius 3 is 2.69 bits per heavy atom. The molecule has 220 valence electrons. The molecule has 0 bridgehead atoms. The van der Waals surface area contributed by atoms with Gasteiger partial charge in [-0.2, -0.15) is 11.4 Å². The summed E-state index contributed by atoms with van der Waals surface area (Å²) in [5.41, 5.74) is 3.18. The summed E-state index contributed by atoms with van der Waals surface area (Å²) in [4.78, 5) is 11.6. The van der Waals surface area contributed by atoms with Gasteiger partial charge in [0, 0.05) is 42.5 Å². The van der Waals surface area contributed by atoms with Crippen LogP contribution in [0.4, 0.5) is 4.39 Å². The molecule has 1 fully saturated rings. The van der Waals surface area contributed by atoms with Gasteiger partial charge in [-0.1, -0.05) is 29.3 Å². The summed E-state index contributed by atoms with van der Waals surface area (Å²) in [5, 5.41) is 28.2. The predicted molar refractivity (Wildman–Crippen MR) is 151 cm³/mol. The molecule has 1 aliphatic rings. The number of ether oxygens (including phenoxy) is 1. The molecule has 42 heavy (non-hydrogen) atoms. The number of hydrogen-bond donors (Lipinski definition) is 0. The molecule has 1 aliphatic heterocycles. The molecule has 0 unspecified atom stereocenters. The number of imidazole rings is 2. The highest BCUT2D eigenvalue weighted by Crippen LogP contribution is 2.29. The van der Waals surface area contributed by atoms with Gasteiger partial charge < -0.3 is 24.1 Å². The largest absolute Gasteiger partial charge is 0.862 e. The highest BCUT2D eigenvalue weighted by molar-refractivity contribution is 6.30. The van der Waals surface area contributed by atoms with E-state index >= 15 is 0 Å². The van der Waals surface area contributed by atoms with Crippen LogP contribution in [0.25, 0.3) is 11.0 Å². The van der Waals surface area contributed by atoms with Gasteiger partial charge in [0.1, 0.15) is 18.2 Å². The summed E-state index contributed by atoms with van der Waals surface area (Å²) in [7, 11) is 0. The molecule has 0 aliphatic carbocycles. The molecule has 0 spiro atoms. The lowest BCUT2D eigenvalue weighted by Crippen LogP contribution is -2.35. The van der Waals surface area contributed by atoms with Crippen molar-refractivity contribution in [2.45, 2.75) is 58.3 Å². The fourth-order valence-corrected chi connectivity index (χ4v) is 5.72. The number of likely N-dealkylation sites (tertiary alicyclic amines) is 1. The van der Waals surface area contributed by atoms with Gasteiger partial charge in [0.2, 0.25) is 5.88 Å². The fourth-order valence-electron chi connectivity index (χ4n) is 5.56. The average molecular weight is 592 g/mol. The third-order valence-electron chi connectivity index (χ3n) is 7.88. The maximum absolute atomic E-state index is 14.2. The third kappa shape index (κ3) is 5.91. The minimum absolute atomic E-state index is 0.0852. The molecule has 6 rings (SSSR count). The molecule has 12 heteroatoms. The topological polar surface area (TPSA) is 112 Å². The van der Waals surface area contributed by atoms with Gasteiger partial charge in [-0.25, -0.2) is 19.0 Å². The molecule has 2 aromatic carbocycles. The quantitative estimate of drug-likeness (QED) is 0.229. The summed E-state index contributed by atoms with van der Waals surface area (Å²) >= 11 is 5.87. The highest BCUT2D eigenvalue weighted by Gasteiger charge is 2.25. The van der Waals surface area contributed by atoms with Gasteiger partial charge in [0.15, 0.2) is 0 Å². The van der Waals surface area contributed by atoms with Gasteiger partial charge in [-0.3, -0.25) is 4.90 Å². The van der Waals surface area contributed by atoms with Crippen LogP contribution in [0.3, 0.4) is 0 Å². The number of piperidine rings is 1. The predicted octanol–water partition coefficient (Wildman–Crippen LogP) is 3.43. The first kappa shape index (κ1) is 28.4. The lowest BCUT2D eigenvalue weighted by molar-refractivity contribution is -0.668. The first-order valence-corrected chi connectivity index (χ1v) is 14.4. The Hall–Kier alpha value is -3.77. The second kappa shape index (κ2) is 12.2. The number of rotatable bonds is 10. The highest BCUT2D eigenvalue weighted by atomic mass is 35.5. The second-order valence-electron chi connectivity index (χ2n) is 10.5. The minimum Gasteiger partial charge on any atom is -0.862 e. The van der Waals surface area contributed by atoms with Crippen molar-refractivity contribution < 1.29 is 19.3 Å². The smallest absolute Gasteiger partial charge is 0.212 e. The monoisotopic (exact) mass is 591 g/mol. The van der Waals surface area contributed by atoms with E-state index in [4.69, 9.17) is 21.3 Å². The normalized spacial score (nSPS) is 14.8. The third-order valence-corrected chi connectivity index (χ3v) is 8.11. The van der Waals surface area contributed by atoms with Crippen molar-refractivity contribution in [3.05, 3.63) is 94.7 Å². The number of nitrogens with zero attached hydrogens (tertiary/aromatic N) is 7. The lowest BCUT2D eigenvalue weighted by Gasteiger charge is -2.32. The molecule has 0 radical (unpaired) electrons. The van der Waals surface area contributed by atoms with E-state index in [1.165, 1.54) is 6.07 Å². The number of halogens is 2. The van der Waals surface area contributed by atoms with Crippen molar-refractivity contribution >= 4 is 22.6 Å². The Morgan fingerprint density at radius 2 is 1.93 bits per heavy atom. The van der Waals surface area contributed by atoms with Crippen LogP contribution in [-0.2, 0) is 26.2 Å². The number of fused-ring (bicyclic) bond motifs is 1. The van der Waals surface area contributed by atoms with E-state index in [0.717, 1.165) is 55.0 Å². The zero-order valence-electron chi connectivity index (χ0n) is 23.2. The van der Waals surface area contributed by atoms with Crippen LogP contribution in [0.15, 0.2) is 61.2 Å². The molecule has 0 N–H and O–H groups in total. The summed E-state index contributed by atoms with van der Waals surface area (Å²) in [6.45, 7) is 5.72. The van der Waals surface area contributed by atoms with E-state index in [-0.39, 0.29) is 18.2 Å². The Morgan fingerprint density at radius 1 is 1.10 bits per heavy atom. The minimum atomic E-state index is -2.05. The van der Waals surface area contributed by atoms with Crippen LogP contribution in [0.2, 0.25) is 5.02 Å². The molecule has 5 aromatic rings. The van der Waals surface area contributed by atoms with Crippen LogP contribution in [0, 0.1) is 5.82 Å². The van der Waals surface area contributed by atoms with Crippen molar-refractivity contribution in [1.29, 1.82) is 0 Å². The van der Waals surface area contributed by atoms with Crippen LogP contribution in [-0.4, -0.2) is 46.9 Å². The van der Waals surface area contributed by atoms with E-state index in [0.29, 0.717) is 29.6 Å². The molecule has 0 amide bonds. The number of aryl methyl sites for hydroxylation is 1. The van der Waals surface area contributed by atoms with Gasteiger partial charge >= 0.3 is 0 Å². The zero-order valence-corrected chi connectivity index (χ0v) is 24.0.